The number of amides is 1. The first kappa shape index (κ1) is 17.9. The maximum atomic E-state index is 11.9. The van der Waals surface area contributed by atoms with E-state index >= 15 is 0 Å². The molecule has 1 aromatic carbocycles. The van der Waals surface area contributed by atoms with E-state index in [1.54, 1.807) is 0 Å². The minimum absolute atomic E-state index is 0.0491. The molecule has 0 aliphatic heterocycles. The van der Waals surface area contributed by atoms with Crippen molar-refractivity contribution in [3.05, 3.63) is 42.5 Å². The van der Waals surface area contributed by atoms with Gasteiger partial charge >= 0.3 is 5.97 Å². The Bertz CT molecular complexity index is 668. The largest absolute Gasteiger partial charge is 0.452 e. The second-order valence-electron chi connectivity index (χ2n) is 4.53. The first-order valence-corrected chi connectivity index (χ1v) is 7.84. The lowest BCUT2D eigenvalue weighted by molar-refractivity contribution is -0.131. The molecule has 22 heavy (non-hydrogen) atoms. The third kappa shape index (κ3) is 4.97. The van der Waals surface area contributed by atoms with Gasteiger partial charge in [0.2, 0.25) is 10.0 Å². The highest BCUT2D eigenvalue weighted by Gasteiger charge is 2.17. The summed E-state index contributed by atoms with van der Waals surface area (Å²) >= 11 is 0. The summed E-state index contributed by atoms with van der Waals surface area (Å²) in [4.78, 5) is 24.4. The van der Waals surface area contributed by atoms with E-state index in [2.05, 4.69) is 11.3 Å². The first-order valence-electron chi connectivity index (χ1n) is 6.36. The topological polar surface area (TPSA) is 92.8 Å². The molecule has 0 atom stereocenters. The van der Waals surface area contributed by atoms with Crippen LogP contribution in [0.5, 0.6) is 0 Å². The van der Waals surface area contributed by atoms with Crippen LogP contribution in [0, 0.1) is 0 Å². The number of sulfonamides is 1. The Labute approximate surface area is 129 Å². The van der Waals surface area contributed by atoms with E-state index in [-0.39, 0.29) is 22.9 Å². The van der Waals surface area contributed by atoms with Gasteiger partial charge in [0, 0.05) is 20.6 Å². The average molecular weight is 326 g/mol. The number of ether oxygens (including phenoxy) is 1. The average Bonchev–Trinajstić information content (AvgIpc) is 2.50. The molecule has 0 saturated heterocycles. The lowest BCUT2D eigenvalue weighted by Crippen LogP contribution is -2.27. The number of rotatable bonds is 7. The number of hydrogen-bond donors (Lipinski definition) is 1. The molecule has 0 heterocycles. The van der Waals surface area contributed by atoms with E-state index in [1.165, 1.54) is 49.3 Å². The van der Waals surface area contributed by atoms with E-state index < -0.39 is 22.6 Å². The molecule has 1 N–H and O–H groups in total. The van der Waals surface area contributed by atoms with Crippen molar-refractivity contribution in [2.45, 2.75) is 4.90 Å². The standard InChI is InChI=1S/C14H18N2O5S/c1-4-8-15-22(19,20)12-7-5-6-11(9-12)14(18)21-10-13(17)16(2)3/h4-7,9,15H,1,8,10H2,2-3H3. The van der Waals surface area contributed by atoms with Gasteiger partial charge in [0.05, 0.1) is 10.5 Å². The van der Waals surface area contributed by atoms with Crippen LogP contribution in [0.25, 0.3) is 0 Å². The van der Waals surface area contributed by atoms with Crippen LogP contribution in [0.2, 0.25) is 0 Å². The normalized spacial score (nSPS) is 10.8. The fourth-order valence-electron chi connectivity index (χ4n) is 1.38. The minimum atomic E-state index is -3.73. The Kier molecular flexibility index (Phi) is 6.26. The van der Waals surface area contributed by atoms with Crippen molar-refractivity contribution < 1.29 is 22.7 Å². The Balaban J connectivity index is 2.85. The van der Waals surface area contributed by atoms with Crippen molar-refractivity contribution in [2.75, 3.05) is 27.2 Å². The summed E-state index contributed by atoms with van der Waals surface area (Å²) in [6, 6.07) is 5.38. The van der Waals surface area contributed by atoms with Gasteiger partial charge in [-0.2, -0.15) is 0 Å². The molecule has 0 spiro atoms. The maximum absolute atomic E-state index is 11.9. The van der Waals surface area contributed by atoms with Gasteiger partial charge in [0.1, 0.15) is 0 Å². The molecule has 0 aliphatic carbocycles. The molecule has 0 saturated carbocycles. The number of benzene rings is 1. The highest BCUT2D eigenvalue weighted by molar-refractivity contribution is 7.89. The van der Waals surface area contributed by atoms with E-state index in [0.717, 1.165) is 0 Å². The zero-order valence-electron chi connectivity index (χ0n) is 12.4. The molecule has 1 aromatic rings. The number of hydrogen-bond acceptors (Lipinski definition) is 5. The fourth-order valence-corrected chi connectivity index (χ4v) is 2.43. The van der Waals surface area contributed by atoms with Gasteiger partial charge in [0.25, 0.3) is 5.91 Å². The van der Waals surface area contributed by atoms with Gasteiger partial charge in [-0.15, -0.1) is 6.58 Å². The summed E-state index contributed by atoms with van der Waals surface area (Å²) in [6.45, 7) is 3.09. The predicted octanol–water partition coefficient (Wildman–Crippen LogP) is 0.396. The van der Waals surface area contributed by atoms with Gasteiger partial charge in [-0.25, -0.2) is 17.9 Å². The quantitative estimate of drug-likeness (QED) is 0.578. The second-order valence-corrected chi connectivity index (χ2v) is 6.30. The number of likely N-dealkylation sites (N-methyl/N-ethyl adjacent to an activating group) is 1. The summed E-state index contributed by atoms with van der Waals surface area (Å²) in [5, 5.41) is 0. The van der Waals surface area contributed by atoms with Gasteiger partial charge in [-0.3, -0.25) is 4.79 Å². The third-order valence-electron chi connectivity index (χ3n) is 2.62. The van der Waals surface area contributed by atoms with Gasteiger partial charge < -0.3 is 9.64 Å². The number of carbonyl (C=O) groups is 2. The molecule has 0 bridgehead atoms. The number of nitrogens with one attached hydrogen (secondary N) is 1. The number of esters is 1. The van der Waals surface area contributed by atoms with Crippen LogP contribution in [0.1, 0.15) is 10.4 Å². The van der Waals surface area contributed by atoms with Crippen LogP contribution in [0.4, 0.5) is 0 Å². The van der Waals surface area contributed by atoms with Crippen molar-refractivity contribution in [1.29, 1.82) is 0 Å². The Hall–Kier alpha value is -2.19. The van der Waals surface area contributed by atoms with Crippen molar-refractivity contribution in [1.82, 2.24) is 9.62 Å². The zero-order valence-corrected chi connectivity index (χ0v) is 13.2. The SMILES string of the molecule is C=CCNS(=O)(=O)c1cccc(C(=O)OCC(=O)N(C)C)c1. The number of carbonyl (C=O) groups excluding carboxylic acids is 2. The molecule has 0 fully saturated rings. The molecular weight excluding hydrogens is 308 g/mol. The summed E-state index contributed by atoms with van der Waals surface area (Å²) < 4.78 is 31.0. The fraction of sp³-hybridized carbons (Fsp3) is 0.286. The molecule has 1 amide bonds. The van der Waals surface area contributed by atoms with Gasteiger partial charge in [0.15, 0.2) is 6.61 Å². The van der Waals surface area contributed by atoms with Gasteiger partial charge in [-0.1, -0.05) is 12.1 Å². The lowest BCUT2D eigenvalue weighted by atomic mass is 10.2. The third-order valence-corrected chi connectivity index (χ3v) is 4.04. The zero-order chi connectivity index (χ0) is 16.8. The lowest BCUT2D eigenvalue weighted by Gasteiger charge is -2.11. The molecule has 8 heteroatoms. The Morgan fingerprint density at radius 3 is 2.64 bits per heavy atom. The predicted molar refractivity (Wildman–Crippen MR) is 80.8 cm³/mol. The molecule has 120 valence electrons. The van der Waals surface area contributed by atoms with Gasteiger partial charge in [-0.05, 0) is 18.2 Å². The van der Waals surface area contributed by atoms with Crippen LogP contribution in [-0.4, -0.2) is 52.4 Å². The van der Waals surface area contributed by atoms with Crippen LogP contribution in [-0.2, 0) is 19.6 Å². The molecule has 0 radical (unpaired) electrons. The molecule has 0 aromatic heterocycles. The molecule has 7 nitrogen and oxygen atoms in total. The highest BCUT2D eigenvalue weighted by Crippen LogP contribution is 2.12. The van der Waals surface area contributed by atoms with E-state index in [4.69, 9.17) is 4.74 Å². The second kappa shape index (κ2) is 7.71. The van der Waals surface area contributed by atoms with E-state index in [9.17, 15) is 18.0 Å². The van der Waals surface area contributed by atoms with Crippen LogP contribution in [0.3, 0.4) is 0 Å². The monoisotopic (exact) mass is 326 g/mol. The number of nitrogens with zero attached hydrogens (tertiary/aromatic N) is 1. The summed E-state index contributed by atoms with van der Waals surface area (Å²) in [6.07, 6.45) is 1.41. The van der Waals surface area contributed by atoms with Crippen LogP contribution >= 0.6 is 0 Å². The summed E-state index contributed by atoms with van der Waals surface area (Å²) in [5.74, 6) is -1.14. The Morgan fingerprint density at radius 2 is 2.05 bits per heavy atom. The molecule has 0 unspecified atom stereocenters. The van der Waals surface area contributed by atoms with E-state index in [0.29, 0.717) is 0 Å². The Morgan fingerprint density at radius 1 is 1.36 bits per heavy atom. The van der Waals surface area contributed by atoms with Crippen molar-refractivity contribution in [3.63, 3.8) is 0 Å². The molecule has 1 rings (SSSR count). The minimum Gasteiger partial charge on any atom is -0.452 e. The molecular formula is C14H18N2O5S. The van der Waals surface area contributed by atoms with Crippen LogP contribution < -0.4 is 4.72 Å². The maximum Gasteiger partial charge on any atom is 0.338 e. The smallest absolute Gasteiger partial charge is 0.338 e. The summed E-state index contributed by atoms with van der Waals surface area (Å²) in [5.41, 5.74) is 0.0491. The van der Waals surface area contributed by atoms with E-state index in [1.807, 2.05) is 0 Å². The summed E-state index contributed by atoms with van der Waals surface area (Å²) in [7, 11) is -0.655. The van der Waals surface area contributed by atoms with Crippen molar-refractivity contribution >= 4 is 21.9 Å². The first-order chi connectivity index (χ1) is 10.3. The van der Waals surface area contributed by atoms with Crippen molar-refractivity contribution in [2.24, 2.45) is 0 Å². The highest BCUT2D eigenvalue weighted by atomic mass is 32.2. The van der Waals surface area contributed by atoms with Crippen molar-refractivity contribution in [3.8, 4) is 0 Å². The molecule has 0 aliphatic rings. The van der Waals surface area contributed by atoms with Crippen LogP contribution in [0.15, 0.2) is 41.8 Å².